The molecule has 114 valence electrons. The lowest BCUT2D eigenvalue weighted by Gasteiger charge is -2.21. The average Bonchev–Trinajstić information content (AvgIpc) is 3.10. The van der Waals surface area contributed by atoms with Crippen LogP contribution in [-0.2, 0) is 0 Å². The van der Waals surface area contributed by atoms with E-state index in [1.807, 2.05) is 26.0 Å². The van der Waals surface area contributed by atoms with E-state index >= 15 is 0 Å². The largest absolute Gasteiger partial charge is 0.494 e. The first-order chi connectivity index (χ1) is 10.3. The number of ether oxygens (including phenoxy) is 2. The van der Waals surface area contributed by atoms with Gasteiger partial charge in [0.15, 0.2) is 0 Å². The summed E-state index contributed by atoms with van der Waals surface area (Å²) in [6.07, 6.45) is 7.47. The Morgan fingerprint density at radius 2 is 1.95 bits per heavy atom. The highest BCUT2D eigenvalue weighted by molar-refractivity contribution is 5.59. The maximum absolute atomic E-state index is 5.72. The molecule has 1 fully saturated rings. The molecule has 3 atom stereocenters. The van der Waals surface area contributed by atoms with Crippen LogP contribution < -0.4 is 14.8 Å². The molecule has 0 radical (unpaired) electrons. The maximum atomic E-state index is 5.72. The first-order valence-electron chi connectivity index (χ1n) is 8.12. The molecule has 3 heteroatoms. The molecule has 1 saturated carbocycles. The molecule has 1 N–H and O–H groups in total. The molecule has 1 aromatic rings. The summed E-state index contributed by atoms with van der Waals surface area (Å²) in [6, 6.07) is 6.02. The van der Waals surface area contributed by atoms with Gasteiger partial charge in [-0.1, -0.05) is 12.2 Å². The van der Waals surface area contributed by atoms with Crippen molar-refractivity contribution in [2.45, 2.75) is 26.7 Å². The zero-order chi connectivity index (χ0) is 14.7. The Bertz CT molecular complexity index is 512. The van der Waals surface area contributed by atoms with E-state index in [9.17, 15) is 0 Å². The normalized spacial score (nSPS) is 26.1. The van der Waals surface area contributed by atoms with Crippen molar-refractivity contribution in [1.82, 2.24) is 0 Å². The molecule has 1 aromatic carbocycles. The fraction of sp³-hybridized carbons (Fsp3) is 0.556. The standard InChI is InChI=1S/C18H25NO2/c1-3-20-16-7-8-18(21-4-2)17(11-16)19-12-15-10-13-5-6-14(15)9-13/h5-8,11,13-15,19H,3-4,9-10,12H2,1-2H3. The minimum Gasteiger partial charge on any atom is -0.494 e. The van der Waals surface area contributed by atoms with Gasteiger partial charge in [0.1, 0.15) is 11.5 Å². The molecule has 3 unspecified atom stereocenters. The summed E-state index contributed by atoms with van der Waals surface area (Å²) in [5, 5.41) is 3.58. The Labute approximate surface area is 127 Å². The average molecular weight is 287 g/mol. The summed E-state index contributed by atoms with van der Waals surface area (Å²) in [5.74, 6) is 4.16. The summed E-state index contributed by atoms with van der Waals surface area (Å²) >= 11 is 0. The van der Waals surface area contributed by atoms with Crippen molar-refractivity contribution in [3.05, 3.63) is 30.4 Å². The van der Waals surface area contributed by atoms with Crippen LogP contribution >= 0.6 is 0 Å². The van der Waals surface area contributed by atoms with Gasteiger partial charge in [0.05, 0.1) is 18.9 Å². The Kier molecular flexibility index (Phi) is 4.37. The van der Waals surface area contributed by atoms with Gasteiger partial charge in [-0.2, -0.15) is 0 Å². The number of rotatable bonds is 7. The van der Waals surface area contributed by atoms with E-state index in [4.69, 9.17) is 9.47 Å². The highest BCUT2D eigenvalue weighted by atomic mass is 16.5. The van der Waals surface area contributed by atoms with Gasteiger partial charge in [-0.05, 0) is 56.6 Å². The molecular weight excluding hydrogens is 262 g/mol. The van der Waals surface area contributed by atoms with Crippen LogP contribution in [0.15, 0.2) is 30.4 Å². The first kappa shape index (κ1) is 14.3. The lowest BCUT2D eigenvalue weighted by atomic mass is 9.93. The van der Waals surface area contributed by atoms with Crippen LogP contribution in [0.25, 0.3) is 0 Å². The van der Waals surface area contributed by atoms with Gasteiger partial charge in [-0.15, -0.1) is 0 Å². The Hall–Kier alpha value is -1.64. The van der Waals surface area contributed by atoms with Crippen molar-refractivity contribution in [2.75, 3.05) is 25.1 Å². The minimum absolute atomic E-state index is 0.680. The molecule has 2 aliphatic rings. The summed E-state index contributed by atoms with van der Waals surface area (Å²) < 4.78 is 11.3. The molecule has 0 aliphatic heterocycles. The van der Waals surface area contributed by atoms with Crippen LogP contribution in [-0.4, -0.2) is 19.8 Å². The number of benzene rings is 1. The predicted octanol–water partition coefficient (Wildman–Crippen LogP) is 4.11. The van der Waals surface area contributed by atoms with Gasteiger partial charge in [0.25, 0.3) is 0 Å². The van der Waals surface area contributed by atoms with Crippen molar-refractivity contribution in [1.29, 1.82) is 0 Å². The van der Waals surface area contributed by atoms with Crippen LogP contribution in [0.1, 0.15) is 26.7 Å². The molecule has 21 heavy (non-hydrogen) atoms. The minimum atomic E-state index is 0.680. The molecular formula is C18H25NO2. The third-order valence-electron chi connectivity index (χ3n) is 4.53. The quantitative estimate of drug-likeness (QED) is 0.766. The lowest BCUT2D eigenvalue weighted by Crippen LogP contribution is -2.18. The highest BCUT2D eigenvalue weighted by Crippen LogP contribution is 2.43. The second-order valence-corrected chi connectivity index (χ2v) is 5.95. The molecule has 0 aromatic heterocycles. The molecule has 3 rings (SSSR count). The van der Waals surface area contributed by atoms with Crippen LogP contribution in [0.3, 0.4) is 0 Å². The van der Waals surface area contributed by atoms with Crippen molar-refractivity contribution in [3.8, 4) is 11.5 Å². The van der Waals surface area contributed by atoms with E-state index in [0.29, 0.717) is 13.2 Å². The topological polar surface area (TPSA) is 30.5 Å². The molecule has 2 aliphatic carbocycles. The third kappa shape index (κ3) is 3.17. The van der Waals surface area contributed by atoms with E-state index in [0.717, 1.165) is 41.5 Å². The third-order valence-corrected chi connectivity index (χ3v) is 4.53. The Balaban J connectivity index is 1.67. The van der Waals surface area contributed by atoms with Crippen LogP contribution in [0.2, 0.25) is 0 Å². The van der Waals surface area contributed by atoms with E-state index in [-0.39, 0.29) is 0 Å². The molecule has 0 heterocycles. The number of fused-ring (bicyclic) bond motifs is 2. The fourth-order valence-corrected chi connectivity index (χ4v) is 3.56. The van der Waals surface area contributed by atoms with Gasteiger partial charge in [-0.3, -0.25) is 0 Å². The second-order valence-electron chi connectivity index (χ2n) is 5.95. The summed E-state index contributed by atoms with van der Waals surface area (Å²) in [4.78, 5) is 0. The van der Waals surface area contributed by atoms with Gasteiger partial charge < -0.3 is 14.8 Å². The first-order valence-corrected chi connectivity index (χ1v) is 8.12. The predicted molar refractivity (Wildman–Crippen MR) is 86.1 cm³/mol. The zero-order valence-electron chi connectivity index (χ0n) is 13.0. The van der Waals surface area contributed by atoms with Crippen LogP contribution in [0.5, 0.6) is 11.5 Å². The number of hydrogen-bond donors (Lipinski definition) is 1. The van der Waals surface area contributed by atoms with Crippen LogP contribution in [0.4, 0.5) is 5.69 Å². The molecule has 0 saturated heterocycles. The maximum Gasteiger partial charge on any atom is 0.142 e. The molecule has 2 bridgehead atoms. The Morgan fingerprint density at radius 1 is 1.10 bits per heavy atom. The highest BCUT2D eigenvalue weighted by Gasteiger charge is 2.35. The van der Waals surface area contributed by atoms with Crippen molar-refractivity contribution in [2.24, 2.45) is 17.8 Å². The summed E-state index contributed by atoms with van der Waals surface area (Å²) in [7, 11) is 0. The van der Waals surface area contributed by atoms with Crippen molar-refractivity contribution < 1.29 is 9.47 Å². The van der Waals surface area contributed by atoms with E-state index in [2.05, 4.69) is 23.5 Å². The van der Waals surface area contributed by atoms with Gasteiger partial charge in [-0.25, -0.2) is 0 Å². The van der Waals surface area contributed by atoms with E-state index in [1.165, 1.54) is 12.8 Å². The summed E-state index contributed by atoms with van der Waals surface area (Å²) in [6.45, 7) is 6.40. The molecule has 0 spiro atoms. The number of hydrogen-bond acceptors (Lipinski definition) is 3. The second kappa shape index (κ2) is 6.42. The van der Waals surface area contributed by atoms with E-state index < -0.39 is 0 Å². The number of allylic oxidation sites excluding steroid dienone is 2. The Morgan fingerprint density at radius 3 is 2.62 bits per heavy atom. The van der Waals surface area contributed by atoms with E-state index in [1.54, 1.807) is 0 Å². The fourth-order valence-electron chi connectivity index (χ4n) is 3.56. The van der Waals surface area contributed by atoms with Gasteiger partial charge >= 0.3 is 0 Å². The van der Waals surface area contributed by atoms with Gasteiger partial charge in [0, 0.05) is 12.6 Å². The zero-order valence-corrected chi connectivity index (χ0v) is 13.0. The smallest absolute Gasteiger partial charge is 0.142 e. The molecule has 3 nitrogen and oxygen atoms in total. The van der Waals surface area contributed by atoms with Crippen molar-refractivity contribution >= 4 is 5.69 Å². The SMILES string of the molecule is CCOc1ccc(OCC)c(NCC2CC3C=CC2C3)c1. The van der Waals surface area contributed by atoms with Crippen LogP contribution in [0, 0.1) is 17.8 Å². The summed E-state index contributed by atoms with van der Waals surface area (Å²) in [5.41, 5.74) is 1.05. The van der Waals surface area contributed by atoms with Crippen molar-refractivity contribution in [3.63, 3.8) is 0 Å². The monoisotopic (exact) mass is 287 g/mol. The van der Waals surface area contributed by atoms with Gasteiger partial charge in [0.2, 0.25) is 0 Å². The molecule has 0 amide bonds. The number of nitrogens with one attached hydrogen (secondary N) is 1. The lowest BCUT2D eigenvalue weighted by molar-refractivity contribution is 0.331. The number of anilines is 1.